The van der Waals surface area contributed by atoms with Crippen LogP contribution >= 0.6 is 0 Å². The van der Waals surface area contributed by atoms with Gasteiger partial charge in [-0.3, -0.25) is 9.59 Å². The fraction of sp³-hybridized carbons (Fsp3) is 0.278. The highest BCUT2D eigenvalue weighted by Crippen LogP contribution is 2.13. The molecule has 1 aliphatic rings. The molecule has 26 heavy (non-hydrogen) atoms. The van der Waals surface area contributed by atoms with E-state index in [0.717, 1.165) is 11.3 Å². The number of ether oxygens (including phenoxy) is 1. The summed E-state index contributed by atoms with van der Waals surface area (Å²) >= 11 is 0. The normalized spacial score (nSPS) is 13.3. The van der Waals surface area contributed by atoms with Crippen LogP contribution in [0, 0.1) is 0 Å². The molecule has 0 saturated heterocycles. The molecule has 1 aliphatic heterocycles. The molecule has 134 valence electrons. The van der Waals surface area contributed by atoms with Crippen molar-refractivity contribution < 1.29 is 14.3 Å². The molecule has 8 nitrogen and oxygen atoms in total. The molecule has 0 bridgehead atoms. The van der Waals surface area contributed by atoms with Crippen molar-refractivity contribution in [1.82, 2.24) is 15.0 Å². The highest BCUT2D eigenvalue weighted by Gasteiger charge is 2.22. The number of hydrogen-bond acceptors (Lipinski definition) is 7. The number of nitrogens with zero attached hydrogens (tertiary/aromatic N) is 5. The topological polar surface area (TPSA) is 88.0 Å². The van der Waals surface area contributed by atoms with E-state index in [4.69, 9.17) is 4.74 Å². The quantitative estimate of drug-likeness (QED) is 0.723. The molecule has 2 aromatic rings. The first kappa shape index (κ1) is 17.5. The number of esters is 1. The van der Waals surface area contributed by atoms with Gasteiger partial charge < -0.3 is 9.64 Å². The van der Waals surface area contributed by atoms with E-state index in [2.05, 4.69) is 15.1 Å². The molecule has 0 saturated carbocycles. The van der Waals surface area contributed by atoms with Crippen LogP contribution in [-0.2, 0) is 14.3 Å². The van der Waals surface area contributed by atoms with Gasteiger partial charge in [0.05, 0.1) is 12.3 Å². The minimum Gasteiger partial charge on any atom is -0.454 e. The Morgan fingerprint density at radius 3 is 2.62 bits per heavy atom. The van der Waals surface area contributed by atoms with Crippen LogP contribution in [0.2, 0.25) is 0 Å². The number of benzene rings is 1. The molecule has 2 heterocycles. The van der Waals surface area contributed by atoms with Crippen molar-refractivity contribution in [1.29, 1.82) is 0 Å². The summed E-state index contributed by atoms with van der Waals surface area (Å²) in [5.74, 6) is -0.463. The average Bonchev–Trinajstić information content (AvgIpc) is 3.18. The molecule has 0 spiro atoms. The second-order valence-electron chi connectivity index (χ2n) is 5.75. The Morgan fingerprint density at radius 2 is 1.88 bits per heavy atom. The number of hydrogen-bond donors (Lipinski definition) is 0. The zero-order valence-corrected chi connectivity index (χ0v) is 14.4. The van der Waals surface area contributed by atoms with E-state index in [1.54, 1.807) is 30.4 Å². The Morgan fingerprint density at radius 1 is 1.15 bits per heavy atom. The first-order valence-electron chi connectivity index (χ1n) is 8.20. The van der Waals surface area contributed by atoms with Crippen LogP contribution in [-0.4, -0.2) is 59.3 Å². The monoisotopic (exact) mass is 353 g/mol. The summed E-state index contributed by atoms with van der Waals surface area (Å²) in [5, 5.41) is 5.67. The number of carbonyl (C=O) groups excluding carboxylic acids is 2. The fourth-order valence-corrected chi connectivity index (χ4v) is 2.49. The predicted molar refractivity (Wildman–Crippen MR) is 95.6 cm³/mol. The van der Waals surface area contributed by atoms with Crippen LogP contribution in [0.15, 0.2) is 53.9 Å². The standard InChI is InChI=1S/C18H19N5O3/c1-22(18-19-9-5-10-20-18)12-17(25)26-13-16(24)23-11-8-15(21-23)14-6-3-2-4-7-14/h2-7,9-10H,8,11-13H2,1H3. The summed E-state index contributed by atoms with van der Waals surface area (Å²) in [5.41, 5.74) is 1.84. The van der Waals surface area contributed by atoms with Crippen molar-refractivity contribution in [2.75, 3.05) is 31.6 Å². The maximum Gasteiger partial charge on any atom is 0.326 e. The van der Waals surface area contributed by atoms with Crippen molar-refractivity contribution in [3.05, 3.63) is 54.4 Å². The Kier molecular flexibility index (Phi) is 5.52. The molecule has 1 aromatic carbocycles. The van der Waals surface area contributed by atoms with Gasteiger partial charge in [-0.2, -0.15) is 5.10 Å². The van der Waals surface area contributed by atoms with E-state index >= 15 is 0 Å². The lowest BCUT2D eigenvalue weighted by Gasteiger charge is -2.16. The first-order valence-corrected chi connectivity index (χ1v) is 8.20. The summed E-state index contributed by atoms with van der Waals surface area (Å²) < 4.78 is 5.05. The molecule has 0 unspecified atom stereocenters. The molecule has 0 fully saturated rings. The molecule has 0 aliphatic carbocycles. The molecule has 8 heteroatoms. The molecule has 0 atom stereocenters. The lowest BCUT2D eigenvalue weighted by atomic mass is 10.1. The zero-order valence-electron chi connectivity index (χ0n) is 14.4. The number of aromatic nitrogens is 2. The van der Waals surface area contributed by atoms with Crippen LogP contribution < -0.4 is 4.90 Å². The molecule has 1 amide bonds. The van der Waals surface area contributed by atoms with Gasteiger partial charge in [0.1, 0.15) is 6.54 Å². The first-order chi connectivity index (χ1) is 12.6. The molecular weight excluding hydrogens is 334 g/mol. The maximum atomic E-state index is 12.2. The summed E-state index contributed by atoms with van der Waals surface area (Å²) in [6.07, 6.45) is 3.85. The highest BCUT2D eigenvalue weighted by molar-refractivity contribution is 6.02. The highest BCUT2D eigenvalue weighted by atomic mass is 16.5. The Labute approximate surface area is 151 Å². The van der Waals surface area contributed by atoms with Gasteiger partial charge in [0.15, 0.2) is 6.61 Å². The zero-order chi connectivity index (χ0) is 18.4. The van der Waals surface area contributed by atoms with Gasteiger partial charge >= 0.3 is 5.97 Å². The summed E-state index contributed by atoms with van der Waals surface area (Å²) in [7, 11) is 1.68. The molecule has 0 N–H and O–H groups in total. The van der Waals surface area contributed by atoms with Crippen LogP contribution in [0.1, 0.15) is 12.0 Å². The Balaban J connectivity index is 1.48. The van der Waals surface area contributed by atoms with Crippen LogP contribution in [0.25, 0.3) is 0 Å². The molecule has 0 radical (unpaired) electrons. The van der Waals surface area contributed by atoms with Crippen molar-refractivity contribution in [3.8, 4) is 0 Å². The van der Waals surface area contributed by atoms with Crippen molar-refractivity contribution in [2.24, 2.45) is 5.10 Å². The van der Waals surface area contributed by atoms with Gasteiger partial charge in [-0.15, -0.1) is 0 Å². The minimum absolute atomic E-state index is 0.0458. The number of amides is 1. The number of anilines is 1. The lowest BCUT2D eigenvalue weighted by molar-refractivity contribution is -0.150. The van der Waals surface area contributed by atoms with Crippen molar-refractivity contribution in [3.63, 3.8) is 0 Å². The van der Waals surface area contributed by atoms with Gasteiger partial charge in [0.2, 0.25) is 5.95 Å². The SMILES string of the molecule is CN(CC(=O)OCC(=O)N1CCC(c2ccccc2)=N1)c1ncccn1. The molecular formula is C18H19N5O3. The average molecular weight is 353 g/mol. The van der Waals surface area contributed by atoms with Crippen LogP contribution in [0.5, 0.6) is 0 Å². The second kappa shape index (κ2) is 8.19. The van der Waals surface area contributed by atoms with E-state index < -0.39 is 5.97 Å². The van der Waals surface area contributed by atoms with Gasteiger partial charge in [-0.1, -0.05) is 30.3 Å². The van der Waals surface area contributed by atoms with Gasteiger partial charge in [0.25, 0.3) is 5.91 Å². The third-order valence-electron chi connectivity index (χ3n) is 3.81. The summed E-state index contributed by atoms with van der Waals surface area (Å²) in [6.45, 7) is 0.0993. The smallest absolute Gasteiger partial charge is 0.326 e. The number of likely N-dealkylation sites (N-methyl/N-ethyl adjacent to an activating group) is 1. The number of rotatable bonds is 6. The molecule has 1 aromatic heterocycles. The molecule has 3 rings (SSSR count). The van der Waals surface area contributed by atoms with Crippen molar-refractivity contribution >= 4 is 23.5 Å². The van der Waals surface area contributed by atoms with E-state index in [1.807, 2.05) is 30.3 Å². The summed E-state index contributed by atoms with van der Waals surface area (Å²) in [6, 6.07) is 11.4. The third-order valence-corrected chi connectivity index (χ3v) is 3.81. The van der Waals surface area contributed by atoms with Gasteiger partial charge in [-0.25, -0.2) is 15.0 Å². The lowest BCUT2D eigenvalue weighted by Crippen LogP contribution is -2.33. The minimum atomic E-state index is -0.528. The van der Waals surface area contributed by atoms with Gasteiger partial charge in [-0.05, 0) is 11.6 Å². The van der Waals surface area contributed by atoms with Crippen molar-refractivity contribution in [2.45, 2.75) is 6.42 Å². The third kappa shape index (κ3) is 4.41. The number of carbonyl (C=O) groups is 2. The van der Waals surface area contributed by atoms with E-state index in [9.17, 15) is 9.59 Å². The Hall–Kier alpha value is -3.29. The number of hydrazone groups is 1. The largest absolute Gasteiger partial charge is 0.454 e. The fourth-order valence-electron chi connectivity index (χ4n) is 2.49. The Bertz CT molecular complexity index is 795. The summed E-state index contributed by atoms with van der Waals surface area (Å²) in [4.78, 5) is 33.7. The van der Waals surface area contributed by atoms with Gasteiger partial charge in [0, 0.05) is 25.9 Å². The van der Waals surface area contributed by atoms with E-state index in [0.29, 0.717) is 18.9 Å². The van der Waals surface area contributed by atoms with E-state index in [1.165, 1.54) is 5.01 Å². The van der Waals surface area contributed by atoms with Crippen LogP contribution in [0.4, 0.5) is 5.95 Å². The second-order valence-corrected chi connectivity index (χ2v) is 5.75. The van der Waals surface area contributed by atoms with E-state index in [-0.39, 0.29) is 19.1 Å². The van der Waals surface area contributed by atoms with Crippen LogP contribution in [0.3, 0.4) is 0 Å². The maximum absolute atomic E-state index is 12.2. The predicted octanol–water partition coefficient (Wildman–Crippen LogP) is 1.09.